The van der Waals surface area contributed by atoms with Crippen molar-refractivity contribution >= 4 is 11.5 Å². The number of piperidine rings is 1. The topological polar surface area (TPSA) is 50.8 Å². The van der Waals surface area contributed by atoms with Crippen molar-refractivity contribution in [3.05, 3.63) is 65.7 Å². The zero-order valence-electron chi connectivity index (χ0n) is 17.5. The van der Waals surface area contributed by atoms with Gasteiger partial charge in [-0.05, 0) is 43.0 Å². The minimum absolute atomic E-state index is 0.0538. The van der Waals surface area contributed by atoms with E-state index in [9.17, 15) is 4.79 Å². The maximum Gasteiger partial charge on any atom is 0.244 e. The number of amides is 1. The first-order chi connectivity index (χ1) is 14.1. The fourth-order valence-electron chi connectivity index (χ4n) is 3.72. The van der Waals surface area contributed by atoms with Gasteiger partial charge in [0.2, 0.25) is 5.91 Å². The van der Waals surface area contributed by atoms with Gasteiger partial charge in [-0.25, -0.2) is 0 Å². The highest BCUT2D eigenvalue weighted by atomic mass is 16.5. The predicted molar refractivity (Wildman–Crippen MR) is 116 cm³/mol. The number of hydrogen-bond donors (Lipinski definition) is 1. The fraction of sp³-hybridized carbons (Fsp3) is 0.375. The third-order valence-electron chi connectivity index (χ3n) is 5.36. The SMILES string of the molecule is COc1ccc(/C(C)=C/C(=O)NC2CCN(Cc3ccccc3)CC2)c(OC)c1. The molecule has 5 heteroatoms. The van der Waals surface area contributed by atoms with Gasteiger partial charge in [0, 0.05) is 43.4 Å². The molecule has 0 atom stereocenters. The van der Waals surface area contributed by atoms with Crippen LogP contribution < -0.4 is 14.8 Å². The number of allylic oxidation sites excluding steroid dienone is 1. The number of carbonyl (C=O) groups is 1. The quantitative estimate of drug-likeness (QED) is 0.724. The van der Waals surface area contributed by atoms with Crippen LogP contribution in [0, 0.1) is 0 Å². The number of nitrogens with zero attached hydrogens (tertiary/aromatic N) is 1. The second kappa shape index (κ2) is 10.1. The molecule has 1 heterocycles. The summed E-state index contributed by atoms with van der Waals surface area (Å²) in [6.45, 7) is 4.88. The van der Waals surface area contributed by atoms with E-state index in [0.29, 0.717) is 5.75 Å². The smallest absolute Gasteiger partial charge is 0.244 e. The lowest BCUT2D eigenvalue weighted by Crippen LogP contribution is -2.43. The Hall–Kier alpha value is -2.79. The Morgan fingerprint density at radius 2 is 1.83 bits per heavy atom. The maximum atomic E-state index is 12.5. The molecular formula is C24H30N2O3. The van der Waals surface area contributed by atoms with Crippen molar-refractivity contribution in [3.8, 4) is 11.5 Å². The Bertz CT molecular complexity index is 840. The van der Waals surface area contributed by atoms with E-state index in [-0.39, 0.29) is 11.9 Å². The highest BCUT2D eigenvalue weighted by molar-refractivity contribution is 5.95. The molecule has 154 valence electrons. The Balaban J connectivity index is 1.53. The van der Waals surface area contributed by atoms with Gasteiger partial charge in [-0.15, -0.1) is 0 Å². The molecule has 1 amide bonds. The van der Waals surface area contributed by atoms with Crippen molar-refractivity contribution in [3.63, 3.8) is 0 Å². The van der Waals surface area contributed by atoms with Crippen LogP contribution in [0.3, 0.4) is 0 Å². The summed E-state index contributed by atoms with van der Waals surface area (Å²) in [5.74, 6) is 1.37. The average molecular weight is 395 g/mol. The van der Waals surface area contributed by atoms with Gasteiger partial charge in [0.25, 0.3) is 0 Å². The minimum Gasteiger partial charge on any atom is -0.497 e. The summed E-state index contributed by atoms with van der Waals surface area (Å²) >= 11 is 0. The van der Waals surface area contributed by atoms with E-state index in [1.54, 1.807) is 20.3 Å². The summed E-state index contributed by atoms with van der Waals surface area (Å²) < 4.78 is 10.7. The largest absolute Gasteiger partial charge is 0.497 e. The average Bonchev–Trinajstić information content (AvgIpc) is 2.75. The molecule has 0 unspecified atom stereocenters. The first kappa shape index (κ1) is 20.9. The van der Waals surface area contributed by atoms with Gasteiger partial charge < -0.3 is 14.8 Å². The fourth-order valence-corrected chi connectivity index (χ4v) is 3.72. The van der Waals surface area contributed by atoms with Crippen molar-refractivity contribution < 1.29 is 14.3 Å². The van der Waals surface area contributed by atoms with Crippen molar-refractivity contribution in [2.75, 3.05) is 27.3 Å². The number of rotatable bonds is 7. The Labute approximate surface area is 173 Å². The summed E-state index contributed by atoms with van der Waals surface area (Å²) in [6.07, 6.45) is 3.59. The summed E-state index contributed by atoms with van der Waals surface area (Å²) in [4.78, 5) is 15.0. The lowest BCUT2D eigenvalue weighted by atomic mass is 10.0. The van der Waals surface area contributed by atoms with E-state index < -0.39 is 0 Å². The van der Waals surface area contributed by atoms with Gasteiger partial charge in [0.05, 0.1) is 14.2 Å². The standard InChI is InChI=1S/C24H30N2O3/c1-18(22-10-9-21(28-2)16-23(22)29-3)15-24(27)25-20-11-13-26(14-12-20)17-19-7-5-4-6-8-19/h4-10,15-16,20H,11-14,17H2,1-3H3,(H,25,27)/b18-15+. The molecule has 0 aromatic heterocycles. The lowest BCUT2D eigenvalue weighted by Gasteiger charge is -2.32. The van der Waals surface area contributed by atoms with E-state index in [2.05, 4.69) is 34.5 Å². The monoisotopic (exact) mass is 394 g/mol. The first-order valence-electron chi connectivity index (χ1n) is 10.1. The predicted octanol–water partition coefficient (Wildman–Crippen LogP) is 3.89. The molecule has 1 saturated heterocycles. The number of hydrogen-bond acceptors (Lipinski definition) is 4. The van der Waals surface area contributed by atoms with Gasteiger partial charge in [0.15, 0.2) is 0 Å². The van der Waals surface area contributed by atoms with Crippen molar-refractivity contribution in [2.45, 2.75) is 32.4 Å². The molecule has 3 rings (SSSR count). The third-order valence-corrected chi connectivity index (χ3v) is 5.36. The van der Waals surface area contributed by atoms with Gasteiger partial charge >= 0.3 is 0 Å². The van der Waals surface area contributed by atoms with Crippen molar-refractivity contribution in [1.82, 2.24) is 10.2 Å². The molecule has 1 aliphatic heterocycles. The molecule has 1 N–H and O–H groups in total. The molecule has 0 spiro atoms. The molecular weight excluding hydrogens is 364 g/mol. The number of carbonyl (C=O) groups excluding carboxylic acids is 1. The normalized spacial score (nSPS) is 15.8. The molecule has 0 radical (unpaired) electrons. The van der Waals surface area contributed by atoms with Crippen LogP contribution in [0.4, 0.5) is 0 Å². The van der Waals surface area contributed by atoms with Gasteiger partial charge in [-0.2, -0.15) is 0 Å². The zero-order valence-corrected chi connectivity index (χ0v) is 17.5. The molecule has 0 bridgehead atoms. The van der Waals surface area contributed by atoms with Crippen molar-refractivity contribution in [2.24, 2.45) is 0 Å². The molecule has 0 aliphatic carbocycles. The highest BCUT2D eigenvalue weighted by Gasteiger charge is 2.20. The second-order valence-electron chi connectivity index (χ2n) is 7.44. The number of likely N-dealkylation sites (tertiary alicyclic amines) is 1. The van der Waals surface area contributed by atoms with E-state index in [1.807, 2.05) is 31.2 Å². The first-order valence-corrected chi connectivity index (χ1v) is 10.1. The molecule has 29 heavy (non-hydrogen) atoms. The van der Waals surface area contributed by atoms with Crippen LogP contribution in [-0.4, -0.2) is 44.2 Å². The number of methoxy groups -OCH3 is 2. The third kappa shape index (κ3) is 5.84. The lowest BCUT2D eigenvalue weighted by molar-refractivity contribution is -0.117. The molecule has 2 aromatic rings. The van der Waals surface area contributed by atoms with Gasteiger partial charge in [0.1, 0.15) is 11.5 Å². The number of benzene rings is 2. The minimum atomic E-state index is -0.0538. The summed E-state index contributed by atoms with van der Waals surface area (Å²) in [6, 6.07) is 16.4. The molecule has 5 nitrogen and oxygen atoms in total. The summed E-state index contributed by atoms with van der Waals surface area (Å²) in [5, 5.41) is 3.16. The van der Waals surface area contributed by atoms with E-state index in [1.165, 1.54) is 5.56 Å². The molecule has 1 aliphatic rings. The van der Waals surface area contributed by atoms with Crippen molar-refractivity contribution in [1.29, 1.82) is 0 Å². The van der Waals surface area contributed by atoms with Gasteiger partial charge in [-0.3, -0.25) is 9.69 Å². The second-order valence-corrected chi connectivity index (χ2v) is 7.44. The summed E-state index contributed by atoms with van der Waals surface area (Å²) in [5.41, 5.74) is 3.09. The Morgan fingerprint density at radius 3 is 2.48 bits per heavy atom. The van der Waals surface area contributed by atoms with E-state index >= 15 is 0 Å². The Kier molecular flexibility index (Phi) is 7.30. The van der Waals surface area contributed by atoms with Crippen LogP contribution in [0.2, 0.25) is 0 Å². The number of ether oxygens (including phenoxy) is 2. The Morgan fingerprint density at radius 1 is 1.10 bits per heavy atom. The summed E-state index contributed by atoms with van der Waals surface area (Å²) in [7, 11) is 3.24. The van der Waals surface area contributed by atoms with Crippen LogP contribution in [0.5, 0.6) is 11.5 Å². The van der Waals surface area contributed by atoms with E-state index in [0.717, 1.165) is 49.4 Å². The van der Waals surface area contributed by atoms with Crippen LogP contribution in [0.25, 0.3) is 5.57 Å². The molecule has 0 saturated carbocycles. The molecule has 2 aromatic carbocycles. The van der Waals surface area contributed by atoms with Gasteiger partial charge in [-0.1, -0.05) is 30.3 Å². The highest BCUT2D eigenvalue weighted by Crippen LogP contribution is 2.29. The van der Waals surface area contributed by atoms with E-state index in [4.69, 9.17) is 9.47 Å². The maximum absolute atomic E-state index is 12.5. The number of nitrogens with one attached hydrogen (secondary N) is 1. The van der Waals surface area contributed by atoms with Crippen LogP contribution in [0.1, 0.15) is 30.9 Å². The zero-order chi connectivity index (χ0) is 20.6. The van der Waals surface area contributed by atoms with Crippen LogP contribution in [-0.2, 0) is 11.3 Å². The van der Waals surface area contributed by atoms with Crippen LogP contribution in [0.15, 0.2) is 54.6 Å². The molecule has 1 fully saturated rings. The van der Waals surface area contributed by atoms with Crippen LogP contribution >= 0.6 is 0 Å².